The number of thioether (sulfide) groups is 1. The maximum absolute atomic E-state index is 12.1. The van der Waals surface area contributed by atoms with Crippen molar-refractivity contribution in [3.8, 4) is 0 Å². The van der Waals surface area contributed by atoms with Crippen molar-refractivity contribution in [2.75, 3.05) is 12.8 Å². The van der Waals surface area contributed by atoms with Gasteiger partial charge in [-0.15, -0.1) is 0 Å². The van der Waals surface area contributed by atoms with E-state index in [0.29, 0.717) is 12.1 Å². The summed E-state index contributed by atoms with van der Waals surface area (Å²) in [5, 5.41) is 6.31. The Morgan fingerprint density at radius 2 is 2.33 bits per heavy atom. The standard InChI is InChI=1S/C10H18N4O2S2/c1-17-10(3-2-4-10)7-13-18(15,16)9-8(5-11)6-12-14-9/h6,13H,2-5,7,11H2,1H3,(H,12,14). The molecule has 1 fully saturated rings. The zero-order valence-corrected chi connectivity index (χ0v) is 11.9. The number of nitrogens with two attached hydrogens (primary N) is 1. The third kappa shape index (κ3) is 2.56. The van der Waals surface area contributed by atoms with Gasteiger partial charge in [0.1, 0.15) is 0 Å². The molecule has 1 saturated carbocycles. The molecule has 1 heterocycles. The van der Waals surface area contributed by atoms with Gasteiger partial charge in [-0.2, -0.15) is 16.9 Å². The van der Waals surface area contributed by atoms with Crippen molar-refractivity contribution in [2.24, 2.45) is 5.73 Å². The van der Waals surface area contributed by atoms with E-state index in [1.54, 1.807) is 11.8 Å². The molecule has 0 aliphatic heterocycles. The van der Waals surface area contributed by atoms with Crippen LogP contribution in [0.2, 0.25) is 0 Å². The zero-order chi connectivity index (χ0) is 13.2. The van der Waals surface area contributed by atoms with Crippen molar-refractivity contribution in [3.63, 3.8) is 0 Å². The average molecular weight is 290 g/mol. The van der Waals surface area contributed by atoms with Crippen LogP contribution < -0.4 is 10.5 Å². The molecule has 0 amide bonds. The maximum Gasteiger partial charge on any atom is 0.257 e. The molecule has 1 aliphatic carbocycles. The number of hydrogen-bond donors (Lipinski definition) is 3. The molecule has 0 spiro atoms. The Morgan fingerprint density at radius 3 is 2.83 bits per heavy atom. The van der Waals surface area contributed by atoms with E-state index in [2.05, 4.69) is 14.9 Å². The maximum atomic E-state index is 12.1. The van der Waals surface area contributed by atoms with Gasteiger partial charge in [-0.05, 0) is 19.1 Å². The Morgan fingerprint density at radius 1 is 1.61 bits per heavy atom. The van der Waals surface area contributed by atoms with Crippen LogP contribution in [-0.4, -0.2) is 36.2 Å². The molecular formula is C10H18N4O2S2. The molecule has 8 heteroatoms. The molecule has 0 unspecified atom stereocenters. The minimum atomic E-state index is -3.54. The van der Waals surface area contributed by atoms with Crippen LogP contribution in [0.15, 0.2) is 11.2 Å². The largest absolute Gasteiger partial charge is 0.326 e. The second-order valence-electron chi connectivity index (χ2n) is 4.49. The summed E-state index contributed by atoms with van der Waals surface area (Å²) in [4.78, 5) is 0. The first-order valence-corrected chi connectivity index (χ1v) is 8.51. The SMILES string of the molecule is CSC1(CNS(=O)(=O)c2[nH]ncc2CN)CCC1. The van der Waals surface area contributed by atoms with Crippen molar-refractivity contribution < 1.29 is 8.42 Å². The Labute approximate surface area is 111 Å². The number of aromatic amines is 1. The van der Waals surface area contributed by atoms with Crippen molar-refractivity contribution in [1.29, 1.82) is 0 Å². The Bertz CT molecular complexity index is 502. The van der Waals surface area contributed by atoms with Crippen LogP contribution in [0, 0.1) is 0 Å². The molecule has 0 aromatic carbocycles. The first kappa shape index (κ1) is 13.9. The summed E-state index contributed by atoms with van der Waals surface area (Å²) in [6.07, 6.45) is 6.75. The highest BCUT2D eigenvalue weighted by molar-refractivity contribution is 8.00. The second kappa shape index (κ2) is 5.20. The van der Waals surface area contributed by atoms with Crippen LogP contribution >= 0.6 is 11.8 Å². The van der Waals surface area contributed by atoms with Crippen LogP contribution in [0.4, 0.5) is 0 Å². The Balaban J connectivity index is 2.08. The van der Waals surface area contributed by atoms with E-state index in [-0.39, 0.29) is 16.3 Å². The molecular weight excluding hydrogens is 272 g/mol. The first-order valence-electron chi connectivity index (χ1n) is 5.80. The van der Waals surface area contributed by atoms with Gasteiger partial charge >= 0.3 is 0 Å². The number of H-pyrrole nitrogens is 1. The van der Waals surface area contributed by atoms with Gasteiger partial charge in [-0.25, -0.2) is 13.1 Å². The van der Waals surface area contributed by atoms with Crippen LogP contribution in [0.3, 0.4) is 0 Å². The minimum Gasteiger partial charge on any atom is -0.326 e. The molecule has 1 aromatic heterocycles. The molecule has 18 heavy (non-hydrogen) atoms. The van der Waals surface area contributed by atoms with Gasteiger partial charge in [0, 0.05) is 23.4 Å². The fourth-order valence-corrected chi connectivity index (χ4v) is 4.27. The topological polar surface area (TPSA) is 101 Å². The van der Waals surface area contributed by atoms with Crippen LogP contribution in [-0.2, 0) is 16.6 Å². The van der Waals surface area contributed by atoms with Gasteiger partial charge in [0.25, 0.3) is 10.0 Å². The first-order chi connectivity index (χ1) is 8.53. The van der Waals surface area contributed by atoms with E-state index in [0.717, 1.165) is 12.8 Å². The Hall–Kier alpha value is -0.570. The number of nitrogens with one attached hydrogen (secondary N) is 2. The van der Waals surface area contributed by atoms with Crippen LogP contribution in [0.1, 0.15) is 24.8 Å². The van der Waals surface area contributed by atoms with Gasteiger partial charge in [0.05, 0.1) is 6.20 Å². The number of sulfonamides is 1. The van der Waals surface area contributed by atoms with E-state index in [9.17, 15) is 8.42 Å². The summed E-state index contributed by atoms with van der Waals surface area (Å²) in [6, 6.07) is 0. The highest BCUT2D eigenvalue weighted by Gasteiger charge is 2.37. The third-order valence-electron chi connectivity index (χ3n) is 3.45. The Kier molecular flexibility index (Phi) is 4.00. The molecule has 0 bridgehead atoms. The lowest BCUT2D eigenvalue weighted by atomic mass is 9.84. The molecule has 4 N–H and O–H groups in total. The summed E-state index contributed by atoms with van der Waals surface area (Å²) in [7, 11) is -3.54. The van der Waals surface area contributed by atoms with Gasteiger partial charge in [0.15, 0.2) is 5.03 Å². The lowest BCUT2D eigenvalue weighted by Crippen LogP contribution is -2.45. The molecule has 102 valence electrons. The predicted molar refractivity (Wildman–Crippen MR) is 71.8 cm³/mol. The molecule has 2 rings (SSSR count). The summed E-state index contributed by atoms with van der Waals surface area (Å²) >= 11 is 1.73. The normalized spacial score (nSPS) is 18.6. The van der Waals surface area contributed by atoms with E-state index in [1.807, 2.05) is 6.26 Å². The summed E-state index contributed by atoms with van der Waals surface area (Å²) in [5.74, 6) is 0. The van der Waals surface area contributed by atoms with Gasteiger partial charge in [-0.3, -0.25) is 5.10 Å². The van der Waals surface area contributed by atoms with Crippen molar-refractivity contribution in [1.82, 2.24) is 14.9 Å². The van der Waals surface area contributed by atoms with Gasteiger partial charge in [0.2, 0.25) is 0 Å². The van der Waals surface area contributed by atoms with Crippen molar-refractivity contribution in [3.05, 3.63) is 11.8 Å². The van der Waals surface area contributed by atoms with Gasteiger partial charge in [-0.1, -0.05) is 6.42 Å². The molecule has 0 saturated heterocycles. The minimum absolute atomic E-state index is 0.0654. The second-order valence-corrected chi connectivity index (χ2v) is 7.47. The summed E-state index contributed by atoms with van der Waals surface area (Å²) in [5.41, 5.74) is 5.99. The molecule has 1 aromatic rings. The smallest absolute Gasteiger partial charge is 0.257 e. The number of hydrogen-bond acceptors (Lipinski definition) is 5. The quantitative estimate of drug-likeness (QED) is 0.705. The van der Waals surface area contributed by atoms with Crippen molar-refractivity contribution in [2.45, 2.75) is 35.6 Å². The molecule has 0 atom stereocenters. The summed E-state index contributed by atoms with van der Waals surface area (Å²) < 4.78 is 27.0. The lowest BCUT2D eigenvalue weighted by Gasteiger charge is -2.40. The fraction of sp³-hybridized carbons (Fsp3) is 0.700. The zero-order valence-electron chi connectivity index (χ0n) is 10.3. The number of aromatic nitrogens is 2. The van der Waals surface area contributed by atoms with E-state index < -0.39 is 10.0 Å². The van der Waals surface area contributed by atoms with Crippen LogP contribution in [0.25, 0.3) is 0 Å². The highest BCUT2D eigenvalue weighted by Crippen LogP contribution is 2.42. The molecule has 0 radical (unpaired) electrons. The van der Waals surface area contributed by atoms with E-state index in [1.165, 1.54) is 12.6 Å². The van der Waals surface area contributed by atoms with E-state index in [4.69, 9.17) is 5.73 Å². The number of nitrogens with zero attached hydrogens (tertiary/aromatic N) is 1. The molecule has 1 aliphatic rings. The van der Waals surface area contributed by atoms with Crippen LogP contribution in [0.5, 0.6) is 0 Å². The van der Waals surface area contributed by atoms with Crippen molar-refractivity contribution >= 4 is 21.8 Å². The monoisotopic (exact) mass is 290 g/mol. The predicted octanol–water partition coefficient (Wildman–Crippen LogP) is 0.432. The lowest BCUT2D eigenvalue weighted by molar-refractivity contribution is 0.361. The van der Waals surface area contributed by atoms with E-state index >= 15 is 0 Å². The fourth-order valence-electron chi connectivity index (χ4n) is 2.00. The molecule has 6 nitrogen and oxygen atoms in total. The average Bonchev–Trinajstić information content (AvgIpc) is 2.77. The highest BCUT2D eigenvalue weighted by atomic mass is 32.2. The number of rotatable bonds is 6. The summed E-state index contributed by atoms with van der Waals surface area (Å²) in [6.45, 7) is 0.611. The third-order valence-corrected chi connectivity index (χ3v) is 6.28. The van der Waals surface area contributed by atoms with Gasteiger partial charge < -0.3 is 5.73 Å².